The van der Waals surface area contributed by atoms with Crippen molar-refractivity contribution in [2.24, 2.45) is 0 Å². The fourth-order valence-corrected chi connectivity index (χ4v) is 18.0. The second-order valence-corrected chi connectivity index (χ2v) is 39.2. The molecule has 10 aliphatic heterocycles. The molecule has 0 saturated carbocycles. The highest BCUT2D eigenvalue weighted by molar-refractivity contribution is 6.61. The van der Waals surface area contributed by atoms with Gasteiger partial charge in [-0.15, -0.1) is 0 Å². The summed E-state index contributed by atoms with van der Waals surface area (Å²) < 4.78 is 31.3. The van der Waals surface area contributed by atoms with E-state index in [1.165, 1.54) is 66.4 Å². The summed E-state index contributed by atoms with van der Waals surface area (Å²) in [4.78, 5) is 110. The third kappa shape index (κ3) is 26.5. The zero-order chi connectivity index (χ0) is 94.9. The minimum atomic E-state index is -0.773. The van der Waals surface area contributed by atoms with Crippen LogP contribution in [0.25, 0.3) is 66.9 Å². The molecule has 18 heterocycles. The van der Waals surface area contributed by atoms with Gasteiger partial charge in [-0.25, -0.2) is 53.9 Å². The number of likely N-dealkylation sites (tertiary alicyclic amines) is 4. The van der Waals surface area contributed by atoms with E-state index in [1.54, 1.807) is 69.1 Å². The maximum absolute atomic E-state index is 12.4. The Kier molecular flexibility index (Phi) is 33.4. The lowest BCUT2D eigenvalue weighted by Gasteiger charge is -2.34. The third-order valence-electron chi connectivity index (χ3n) is 23.8. The first-order chi connectivity index (χ1) is 62.8. The van der Waals surface area contributed by atoms with Crippen molar-refractivity contribution in [3.05, 3.63) is 179 Å². The molecule has 32 nitrogen and oxygen atoms in total. The van der Waals surface area contributed by atoms with E-state index in [1.807, 2.05) is 167 Å². The Hall–Kier alpha value is -11.5. The highest BCUT2D eigenvalue weighted by Crippen LogP contribution is 2.41. The van der Waals surface area contributed by atoms with E-state index >= 15 is 0 Å². The normalized spacial score (nSPS) is 19.0. The number of pyridine rings is 6. The molecule has 0 aliphatic carbocycles. The van der Waals surface area contributed by atoms with E-state index < -0.39 is 34.9 Å². The number of fused-ring (bicyclic) bond motifs is 6. The number of H-pyrrole nitrogens is 2. The molecule has 7 N–H and O–H groups in total. The topological polar surface area (TPSA) is 375 Å². The van der Waals surface area contributed by atoms with Gasteiger partial charge in [0, 0.05) is 202 Å². The van der Waals surface area contributed by atoms with E-state index in [2.05, 4.69) is 85.2 Å². The third-order valence-corrected chi connectivity index (χ3v) is 24.2. The van der Waals surface area contributed by atoms with Crippen molar-refractivity contribution in [3.8, 4) is 22.8 Å². The molecule has 6 unspecified atom stereocenters. The SMILES string of the molecule is CB(O)n1cc(C2CCCN(C(=O)OC(C)(C)C)C2)c2cccnc21.CC(=O)n1cc(C2CCCN(C(=O)OC(C)(C)C)C2)c2ccc(Cl)nc21.CC(C)(C)OC(=O)N1CCCC(c2c[nH]c3ncccc23)C1.CC(C)(C)OC(=O)N1CCCC(c2cnc3n(O)cccc2-3)C1.COC(=O)Cl.On1cccc2c(C3CCCNC3)cnc1-2.c1cnc2[nH]cc(C3CCCNC3)c2c1. The maximum atomic E-state index is 12.4. The number of piperidine rings is 6. The van der Waals surface area contributed by atoms with Gasteiger partial charge in [0.1, 0.15) is 50.1 Å². The van der Waals surface area contributed by atoms with Crippen molar-refractivity contribution >= 4 is 110 Å². The highest BCUT2D eigenvalue weighted by atomic mass is 35.5. The van der Waals surface area contributed by atoms with Crippen LogP contribution in [0.5, 0.6) is 0 Å². The standard InChI is InChI=1S/C19H24ClN3O3.C18H26BN3O3.C17H23N3O3.C17H23N3O2.C12H15N3O.C12H15N3.C2H3ClO2/c1-12(24)23-11-15(14-7-8-16(20)21-17(14)23)13-6-5-9-22(10-13)18(25)26-19(2,3)4;1-18(2,3)25-17(23)21-10-6-7-13(11-21)15-12-22(19(4)24)16-14(15)8-5-9-20-16;1-17(2,3)23-16(21)19-8-4-6-12(11-19)14-10-18-15-13(14)7-5-9-20(15)22;1-17(2,3)22-16(21)20-9-5-6-12(11-20)14-10-19-15-13(14)7-4-8-18-15;16-15-6-2-4-10-11(8-14-12(10)15)9-3-1-5-13-7-9;1-3-9(7-13-5-1)11-8-15-12-10(11)4-2-6-14-12;1-5-2(3)4/h7-8,11,13H,5-6,9-10H2,1-4H3;5,8-9,12-13,24H,6-7,10-11H2,1-4H3;5,7,9-10,12,22H,4,6,8,11H2,1-3H3;4,7-8,10,12H,5-6,9,11H2,1-3H3,(H,18,19);2,4,6,8-9,13,16H,1,3,5,7H2;2,4,6,8-9,13H,1,3,5,7H2,(H,14,15);1H3. The number of hydrogen-bond donors (Lipinski definition) is 7. The van der Waals surface area contributed by atoms with Crippen LogP contribution >= 0.6 is 23.2 Å². The number of hydrogen-bond acceptors (Lipinski definition) is 22. The molecule has 0 spiro atoms. The van der Waals surface area contributed by atoms with Crippen molar-refractivity contribution in [3.63, 3.8) is 0 Å². The molecular formula is C97H129BCl2N18O14. The molecule has 18 rings (SSSR count). The molecule has 132 heavy (non-hydrogen) atoms. The summed E-state index contributed by atoms with van der Waals surface area (Å²) >= 11 is 10.6. The molecule has 35 heteroatoms. The molecule has 6 fully saturated rings. The first-order valence-corrected chi connectivity index (χ1v) is 46.6. The Bertz CT molecular complexity index is 5780. The van der Waals surface area contributed by atoms with Gasteiger partial charge in [-0.3, -0.25) is 9.36 Å². The van der Waals surface area contributed by atoms with Crippen LogP contribution in [0.1, 0.15) is 241 Å². The lowest BCUT2D eigenvalue weighted by atomic mass is 9.88. The van der Waals surface area contributed by atoms with Crippen molar-refractivity contribution in [1.82, 2.24) is 88.6 Å². The Morgan fingerprint density at radius 3 is 1.21 bits per heavy atom. The van der Waals surface area contributed by atoms with Crippen LogP contribution in [-0.4, -0.2) is 244 Å². The zero-order valence-electron chi connectivity index (χ0n) is 78.6. The quantitative estimate of drug-likeness (QED) is 0.0256. The van der Waals surface area contributed by atoms with E-state index in [9.17, 15) is 44.2 Å². The fraction of sp³-hybridized carbons (Fsp3) is 0.505. The number of nitrogens with one attached hydrogen (secondary N) is 4. The van der Waals surface area contributed by atoms with Gasteiger partial charge in [-0.05, 0) is 304 Å². The molecule has 6 atom stereocenters. The van der Waals surface area contributed by atoms with Crippen molar-refractivity contribution in [1.29, 1.82) is 0 Å². The Labute approximate surface area is 781 Å². The second kappa shape index (κ2) is 44.3. The molecule has 4 amide bonds. The van der Waals surface area contributed by atoms with Crippen LogP contribution in [-0.2, 0) is 23.7 Å². The lowest BCUT2D eigenvalue weighted by Crippen LogP contribution is -2.42. The Balaban J connectivity index is 0.000000143. The van der Waals surface area contributed by atoms with Gasteiger partial charge >= 0.3 is 36.9 Å². The number of aromatic amines is 2. The maximum Gasteiger partial charge on any atom is 0.414 e. The number of ether oxygens (including phenoxy) is 5. The number of nitrogens with zero attached hydrogens (tertiary/aromatic N) is 14. The van der Waals surface area contributed by atoms with Crippen LogP contribution in [0.4, 0.5) is 24.0 Å². The van der Waals surface area contributed by atoms with Crippen LogP contribution in [0.15, 0.2) is 141 Å². The summed E-state index contributed by atoms with van der Waals surface area (Å²) in [7, 11) is 0.576. The number of carbonyl (C=O) groups is 6. The van der Waals surface area contributed by atoms with Gasteiger partial charge < -0.3 is 83.8 Å². The van der Waals surface area contributed by atoms with E-state index in [0.29, 0.717) is 72.9 Å². The lowest BCUT2D eigenvalue weighted by molar-refractivity contribution is 0.0188. The average molecular weight is 1850 g/mol. The highest BCUT2D eigenvalue weighted by Gasteiger charge is 2.37. The van der Waals surface area contributed by atoms with Crippen molar-refractivity contribution < 1.29 is 67.9 Å². The number of aromatic nitrogens is 12. The number of methoxy groups -OCH3 is 1. The number of amides is 4. The van der Waals surface area contributed by atoms with Gasteiger partial charge in [0.2, 0.25) is 5.91 Å². The van der Waals surface area contributed by atoms with Crippen molar-refractivity contribution in [2.75, 3.05) is 85.6 Å². The van der Waals surface area contributed by atoms with Crippen LogP contribution in [0.2, 0.25) is 12.0 Å². The predicted octanol–water partition coefficient (Wildman–Crippen LogP) is 19.3. The Morgan fingerprint density at radius 1 is 0.455 bits per heavy atom. The van der Waals surface area contributed by atoms with Gasteiger partial charge in [0.25, 0.3) is 0 Å². The summed E-state index contributed by atoms with van der Waals surface area (Å²) in [5.74, 6) is 3.16. The van der Waals surface area contributed by atoms with Crippen LogP contribution in [0.3, 0.4) is 0 Å². The molecule has 0 aromatic carbocycles. The number of halogens is 2. The molecule has 8 aromatic heterocycles. The summed E-state index contributed by atoms with van der Waals surface area (Å²) in [5, 5.41) is 41.1. The first kappa shape index (κ1) is 99.5. The molecule has 10 aliphatic rings. The predicted molar refractivity (Wildman–Crippen MR) is 511 cm³/mol. The first-order valence-electron chi connectivity index (χ1n) is 45.8. The van der Waals surface area contributed by atoms with Crippen LogP contribution in [0, 0.1) is 0 Å². The minimum Gasteiger partial charge on any atom is -0.457 e. The van der Waals surface area contributed by atoms with E-state index in [4.69, 9.17) is 30.5 Å². The van der Waals surface area contributed by atoms with Gasteiger partial charge in [0.15, 0.2) is 11.6 Å². The van der Waals surface area contributed by atoms with E-state index in [-0.39, 0.29) is 48.0 Å². The number of rotatable bonds is 7. The Morgan fingerprint density at radius 2 is 0.818 bits per heavy atom. The van der Waals surface area contributed by atoms with Gasteiger partial charge in [-0.2, -0.15) is 9.46 Å². The summed E-state index contributed by atoms with van der Waals surface area (Å²) in [5.41, 5.74) is 9.71. The molecule has 708 valence electrons. The molecule has 0 radical (unpaired) electrons. The van der Waals surface area contributed by atoms with Gasteiger partial charge in [-0.1, -0.05) is 11.6 Å². The smallest absolute Gasteiger partial charge is 0.414 e. The largest absolute Gasteiger partial charge is 0.457 e. The fourth-order valence-electron chi connectivity index (χ4n) is 17.9. The summed E-state index contributed by atoms with van der Waals surface area (Å²) in [6.07, 6.45) is 31.9. The molecule has 8 aromatic rings. The molecule has 6 saturated heterocycles. The molecular weight excluding hydrogens is 1720 g/mol. The summed E-state index contributed by atoms with van der Waals surface area (Å²) in [6.45, 7) is 35.6. The second-order valence-electron chi connectivity index (χ2n) is 38.5. The average Bonchev–Trinajstić information content (AvgIpc) is 1.62. The minimum absolute atomic E-state index is 0.115. The van der Waals surface area contributed by atoms with Gasteiger partial charge in [0.05, 0.1) is 7.11 Å². The number of carbonyl (C=O) groups excluding carboxylic acids is 6. The zero-order valence-corrected chi connectivity index (χ0v) is 80.2. The summed E-state index contributed by atoms with van der Waals surface area (Å²) in [6, 6.07) is 23.4. The monoisotopic (exact) mass is 1850 g/mol. The van der Waals surface area contributed by atoms with Crippen LogP contribution < -0.4 is 10.6 Å². The van der Waals surface area contributed by atoms with Crippen molar-refractivity contribution in [2.45, 2.75) is 232 Å². The molecule has 0 bridgehead atoms. The van der Waals surface area contributed by atoms with E-state index in [0.717, 1.165) is 168 Å².